The summed E-state index contributed by atoms with van der Waals surface area (Å²) < 4.78 is 43.4. The van der Waals surface area contributed by atoms with Gasteiger partial charge in [0.15, 0.2) is 0 Å². The SMILES string of the molecule is COC(=O)NC(C(=O)N1[C@@H]2CC[C@@H](C2)[C@H]1c1nc2ccc(-c3ccc4c(c3)C(F)(F)c3cc(-c5cnc(C6CCCN6C(=O)OC(C)(C)C)[nH]5)ccc3-4)cc2[nH]1)C(C)C. The molecule has 2 bridgehead atoms. The van der Waals surface area contributed by atoms with Crippen LogP contribution in [0.15, 0.2) is 60.8 Å². The second kappa shape index (κ2) is 14.2. The normalized spacial score (nSPS) is 22.2. The van der Waals surface area contributed by atoms with E-state index in [1.807, 2.05) is 69.9 Å². The number of benzene rings is 3. The average Bonchev–Trinajstić information content (AvgIpc) is 4.06. The zero-order valence-electron chi connectivity index (χ0n) is 34.1. The molecular formula is C45H49F2N7O5. The number of nitrogens with zero attached hydrogens (tertiary/aromatic N) is 4. The van der Waals surface area contributed by atoms with Crippen molar-refractivity contribution in [2.24, 2.45) is 11.8 Å². The van der Waals surface area contributed by atoms with E-state index in [9.17, 15) is 14.4 Å². The molecule has 308 valence electrons. The van der Waals surface area contributed by atoms with E-state index in [1.165, 1.54) is 13.2 Å². The van der Waals surface area contributed by atoms with Crippen molar-refractivity contribution < 1.29 is 32.6 Å². The van der Waals surface area contributed by atoms with Crippen molar-refractivity contribution in [3.05, 3.63) is 83.6 Å². The zero-order chi connectivity index (χ0) is 41.5. The second-order valence-corrected chi connectivity index (χ2v) is 17.7. The minimum Gasteiger partial charge on any atom is -0.453 e. The van der Waals surface area contributed by atoms with Crippen LogP contribution in [0.2, 0.25) is 0 Å². The quantitative estimate of drug-likeness (QED) is 0.149. The summed E-state index contributed by atoms with van der Waals surface area (Å²) in [5, 5.41) is 2.73. The molecule has 59 heavy (non-hydrogen) atoms. The first-order valence-corrected chi connectivity index (χ1v) is 20.5. The first-order valence-electron chi connectivity index (χ1n) is 20.5. The molecular weight excluding hydrogens is 757 g/mol. The molecule has 3 N–H and O–H groups in total. The van der Waals surface area contributed by atoms with Gasteiger partial charge in [-0.05, 0) is 111 Å². The minimum absolute atomic E-state index is 0.0564. The number of methoxy groups -OCH3 is 1. The van der Waals surface area contributed by atoms with Gasteiger partial charge in [-0.3, -0.25) is 9.69 Å². The van der Waals surface area contributed by atoms with Crippen molar-refractivity contribution in [2.45, 2.75) is 102 Å². The fraction of sp³-hybridized carbons (Fsp3) is 0.444. The number of ether oxygens (including phenoxy) is 2. The lowest BCUT2D eigenvalue weighted by Crippen LogP contribution is -2.54. The van der Waals surface area contributed by atoms with E-state index >= 15 is 8.78 Å². The largest absolute Gasteiger partial charge is 0.453 e. The van der Waals surface area contributed by atoms with Gasteiger partial charge in [0.25, 0.3) is 5.92 Å². The number of aromatic amines is 2. The number of alkyl halides is 2. The number of imidazole rings is 2. The maximum atomic E-state index is 16.5. The summed E-state index contributed by atoms with van der Waals surface area (Å²) >= 11 is 0. The summed E-state index contributed by atoms with van der Waals surface area (Å²) in [6.07, 6.45) is 4.86. The van der Waals surface area contributed by atoms with Crippen molar-refractivity contribution in [3.63, 3.8) is 0 Å². The first-order chi connectivity index (χ1) is 28.1. The second-order valence-electron chi connectivity index (χ2n) is 17.7. The van der Waals surface area contributed by atoms with Gasteiger partial charge >= 0.3 is 12.2 Å². The highest BCUT2D eigenvalue weighted by atomic mass is 19.3. The Hall–Kier alpha value is -5.79. The Bertz CT molecular complexity index is 2490. The molecule has 9 rings (SSSR count). The summed E-state index contributed by atoms with van der Waals surface area (Å²) in [5.74, 6) is -2.05. The van der Waals surface area contributed by atoms with Crippen molar-refractivity contribution >= 4 is 29.1 Å². The molecule has 3 amide bonds. The molecule has 2 aliphatic heterocycles. The van der Waals surface area contributed by atoms with Gasteiger partial charge in [-0.1, -0.05) is 44.2 Å². The number of fused-ring (bicyclic) bond motifs is 6. The third kappa shape index (κ3) is 6.70. The highest BCUT2D eigenvalue weighted by Crippen LogP contribution is 2.53. The smallest absolute Gasteiger partial charge is 0.410 e. The number of alkyl carbamates (subject to hydrolysis) is 1. The fourth-order valence-corrected chi connectivity index (χ4v) is 9.68. The number of piperidine rings is 1. The molecule has 2 aromatic heterocycles. The maximum absolute atomic E-state index is 16.5. The van der Waals surface area contributed by atoms with Gasteiger partial charge in [-0.25, -0.2) is 19.6 Å². The van der Waals surface area contributed by atoms with Crippen LogP contribution >= 0.6 is 0 Å². The molecule has 4 heterocycles. The molecule has 4 aliphatic rings. The lowest BCUT2D eigenvalue weighted by molar-refractivity contribution is -0.139. The van der Waals surface area contributed by atoms with E-state index in [0.717, 1.165) is 43.2 Å². The minimum atomic E-state index is -3.25. The average molecular weight is 806 g/mol. The van der Waals surface area contributed by atoms with Crippen LogP contribution in [0.5, 0.6) is 0 Å². The van der Waals surface area contributed by atoms with Gasteiger partial charge in [-0.15, -0.1) is 0 Å². The lowest BCUT2D eigenvalue weighted by atomic mass is 9.95. The van der Waals surface area contributed by atoms with Crippen LogP contribution in [0.25, 0.3) is 44.5 Å². The Morgan fingerprint density at radius 1 is 0.915 bits per heavy atom. The predicted octanol–water partition coefficient (Wildman–Crippen LogP) is 9.25. The van der Waals surface area contributed by atoms with E-state index in [-0.39, 0.29) is 47.0 Å². The van der Waals surface area contributed by atoms with Gasteiger partial charge in [0, 0.05) is 29.3 Å². The Morgan fingerprint density at radius 2 is 1.61 bits per heavy atom. The number of halogens is 2. The molecule has 1 saturated carbocycles. The van der Waals surface area contributed by atoms with Gasteiger partial charge in [0.1, 0.15) is 23.3 Å². The molecule has 2 unspecified atom stereocenters. The number of nitrogens with one attached hydrogen (secondary N) is 3. The van der Waals surface area contributed by atoms with Gasteiger partial charge in [-0.2, -0.15) is 8.78 Å². The highest BCUT2D eigenvalue weighted by molar-refractivity contribution is 5.88. The maximum Gasteiger partial charge on any atom is 0.410 e. The number of amides is 3. The number of aromatic nitrogens is 4. The van der Waals surface area contributed by atoms with Crippen molar-refractivity contribution in [3.8, 4) is 33.5 Å². The molecule has 2 aliphatic carbocycles. The van der Waals surface area contributed by atoms with Crippen molar-refractivity contribution in [1.82, 2.24) is 35.1 Å². The molecule has 2 saturated heterocycles. The molecule has 12 nitrogen and oxygen atoms in total. The molecule has 3 fully saturated rings. The molecule has 5 atom stereocenters. The highest BCUT2D eigenvalue weighted by Gasteiger charge is 2.52. The number of H-pyrrole nitrogens is 2. The monoisotopic (exact) mass is 805 g/mol. The molecule has 0 spiro atoms. The predicted molar refractivity (Wildman–Crippen MR) is 217 cm³/mol. The zero-order valence-corrected chi connectivity index (χ0v) is 34.1. The summed E-state index contributed by atoms with van der Waals surface area (Å²) in [6, 6.07) is 14.7. The van der Waals surface area contributed by atoms with E-state index < -0.39 is 29.8 Å². The topological polar surface area (TPSA) is 146 Å². The van der Waals surface area contributed by atoms with E-state index in [1.54, 1.807) is 29.3 Å². The number of carbonyl (C=O) groups excluding carboxylic acids is 3. The van der Waals surface area contributed by atoms with Crippen LogP contribution < -0.4 is 5.32 Å². The van der Waals surface area contributed by atoms with Crippen LogP contribution in [0.3, 0.4) is 0 Å². The Kier molecular flexibility index (Phi) is 9.31. The Balaban J connectivity index is 0.965. The number of carbonyl (C=O) groups is 3. The number of hydrogen-bond acceptors (Lipinski definition) is 7. The van der Waals surface area contributed by atoms with Crippen molar-refractivity contribution in [1.29, 1.82) is 0 Å². The summed E-state index contributed by atoms with van der Waals surface area (Å²) in [5.41, 5.74) is 4.22. The van der Waals surface area contributed by atoms with E-state index in [4.69, 9.17) is 14.5 Å². The number of likely N-dealkylation sites (tertiary alicyclic amines) is 2. The molecule has 5 aromatic rings. The van der Waals surface area contributed by atoms with Crippen LogP contribution in [-0.4, -0.2) is 79.2 Å². The van der Waals surface area contributed by atoms with Gasteiger partial charge in [0.2, 0.25) is 5.91 Å². The molecule has 0 radical (unpaired) electrons. The van der Waals surface area contributed by atoms with E-state index in [0.29, 0.717) is 51.7 Å². The fourth-order valence-electron chi connectivity index (χ4n) is 9.68. The van der Waals surface area contributed by atoms with Crippen LogP contribution in [0, 0.1) is 11.8 Å². The molecule has 3 aromatic carbocycles. The van der Waals surface area contributed by atoms with Crippen LogP contribution in [-0.2, 0) is 20.2 Å². The number of hydrogen-bond donors (Lipinski definition) is 3. The summed E-state index contributed by atoms with van der Waals surface area (Å²) in [6.45, 7) is 9.83. The molecule has 14 heteroatoms. The first kappa shape index (κ1) is 38.7. The van der Waals surface area contributed by atoms with E-state index in [2.05, 4.69) is 20.3 Å². The third-order valence-corrected chi connectivity index (χ3v) is 12.5. The summed E-state index contributed by atoms with van der Waals surface area (Å²) in [7, 11) is 1.28. The van der Waals surface area contributed by atoms with Crippen molar-refractivity contribution in [2.75, 3.05) is 13.7 Å². The standard InChI is InChI=1S/C45H49F2N7O5/c1-23(2)37(52-42(56)58-6)41(55)54-28-13-9-27(18-28)38(54)40-49-33-16-12-25(21-34(33)50-40)24-10-14-29-30-15-11-26(20-32(30)45(46,47)31(29)19-24)35-22-48-39(51-35)36-8-7-17-53(36)43(57)59-44(3,4)5/h10-12,14-16,19-23,27-28,36-38H,7-9,13,17-18H2,1-6H3,(H,48,51)(H,49,50)(H,52,56)/t27-,28+,36?,37?,38-/m0/s1. The lowest BCUT2D eigenvalue weighted by Gasteiger charge is -2.37. The Labute approximate surface area is 341 Å². The number of rotatable bonds is 7. The third-order valence-electron chi connectivity index (χ3n) is 12.5. The summed E-state index contributed by atoms with van der Waals surface area (Å²) in [4.78, 5) is 59.0. The van der Waals surface area contributed by atoms with Crippen LogP contribution in [0.1, 0.15) is 102 Å². The van der Waals surface area contributed by atoms with Crippen LogP contribution in [0.4, 0.5) is 18.4 Å². The van der Waals surface area contributed by atoms with Gasteiger partial charge in [0.05, 0.1) is 42.1 Å². The van der Waals surface area contributed by atoms with Gasteiger partial charge < -0.3 is 29.7 Å². The Morgan fingerprint density at radius 3 is 2.32 bits per heavy atom.